The summed E-state index contributed by atoms with van der Waals surface area (Å²) in [5, 5.41) is 8.86. The Balaban J connectivity index is 0.00000324. The van der Waals surface area contributed by atoms with Gasteiger partial charge in [-0.2, -0.15) is 0 Å². The van der Waals surface area contributed by atoms with Gasteiger partial charge in [0.15, 0.2) is 6.29 Å². The molecule has 0 saturated heterocycles. The van der Waals surface area contributed by atoms with Crippen LogP contribution in [0.4, 0.5) is 0 Å². The molecule has 19 heavy (non-hydrogen) atoms. The van der Waals surface area contributed by atoms with Crippen LogP contribution in [0, 0.1) is 0 Å². The fraction of sp³-hybridized carbons (Fsp3) is 0.571. The largest absolute Gasteiger partial charge is 0.396 e. The Morgan fingerprint density at radius 2 is 1.53 bits per heavy atom. The molecule has 0 radical (unpaired) electrons. The van der Waals surface area contributed by atoms with Crippen LogP contribution in [0.2, 0.25) is 0 Å². The van der Waals surface area contributed by atoms with E-state index in [9.17, 15) is 0 Å². The average Bonchev–Trinajstić information content (AvgIpc) is 2.39. The Kier molecular flexibility index (Phi) is 9.83. The summed E-state index contributed by atoms with van der Waals surface area (Å²) >= 11 is 0. The van der Waals surface area contributed by atoms with Gasteiger partial charge in [0.2, 0.25) is 0 Å². The van der Waals surface area contributed by atoms with Crippen LogP contribution in [0.25, 0.3) is 0 Å². The minimum Gasteiger partial charge on any atom is -0.396 e. The van der Waals surface area contributed by atoms with Crippen LogP contribution in [-0.2, 0) is 9.47 Å². The maximum absolute atomic E-state index is 8.86. The third kappa shape index (κ3) is 5.89. The summed E-state index contributed by atoms with van der Waals surface area (Å²) in [6.07, 6.45) is 0.253. The zero-order valence-electron chi connectivity index (χ0n) is 11.5. The summed E-state index contributed by atoms with van der Waals surface area (Å²) < 4.78 is 11.0. The number of halogens is 1. The molecule has 0 spiro atoms. The van der Waals surface area contributed by atoms with Gasteiger partial charge in [-0.25, -0.2) is 0 Å². The van der Waals surface area contributed by atoms with Crippen LogP contribution in [0.5, 0.6) is 0 Å². The van der Waals surface area contributed by atoms with E-state index in [-0.39, 0.29) is 31.3 Å². The van der Waals surface area contributed by atoms with Gasteiger partial charge in [0.1, 0.15) is 0 Å². The minimum absolute atomic E-state index is 0. The Morgan fingerprint density at radius 3 is 1.95 bits per heavy atom. The van der Waals surface area contributed by atoms with Crippen molar-refractivity contribution in [3.8, 4) is 0 Å². The number of aliphatic hydroxyl groups is 1. The Morgan fingerprint density at radius 1 is 1.05 bits per heavy atom. The summed E-state index contributed by atoms with van der Waals surface area (Å²) in [6, 6.07) is 7.72. The molecular weight excluding hydrogens is 266 g/mol. The standard InChI is InChI=1S/C14H23NO3.ClH/c1-3-17-14(18-4-2)12-7-5-11(6-8-12)13(15)9-10-16;/h5-8,13-14,16H,3-4,9-10,15H2,1-2H3;1H. The highest BCUT2D eigenvalue weighted by Gasteiger charge is 2.12. The second-order valence-corrected chi connectivity index (χ2v) is 4.03. The monoisotopic (exact) mass is 289 g/mol. The molecule has 0 aliphatic rings. The van der Waals surface area contributed by atoms with E-state index in [4.69, 9.17) is 20.3 Å². The molecule has 0 fully saturated rings. The first-order valence-corrected chi connectivity index (χ1v) is 6.42. The fourth-order valence-electron chi connectivity index (χ4n) is 1.75. The zero-order chi connectivity index (χ0) is 13.4. The van der Waals surface area contributed by atoms with E-state index in [0.29, 0.717) is 19.6 Å². The van der Waals surface area contributed by atoms with Crippen molar-refractivity contribution < 1.29 is 14.6 Å². The summed E-state index contributed by atoms with van der Waals surface area (Å²) in [6.45, 7) is 5.20. The van der Waals surface area contributed by atoms with Gasteiger partial charge in [-0.15, -0.1) is 12.4 Å². The molecule has 3 N–H and O–H groups in total. The molecule has 1 aromatic rings. The molecule has 4 nitrogen and oxygen atoms in total. The second kappa shape index (κ2) is 10.2. The molecule has 0 aliphatic carbocycles. The zero-order valence-corrected chi connectivity index (χ0v) is 12.4. The van der Waals surface area contributed by atoms with Crippen LogP contribution < -0.4 is 5.73 Å². The Labute approximate surface area is 121 Å². The molecule has 0 heterocycles. The van der Waals surface area contributed by atoms with E-state index in [2.05, 4.69) is 0 Å². The number of aliphatic hydroxyl groups excluding tert-OH is 1. The molecule has 1 rings (SSSR count). The number of nitrogens with two attached hydrogens (primary N) is 1. The maximum Gasteiger partial charge on any atom is 0.183 e. The van der Waals surface area contributed by atoms with E-state index in [0.717, 1.165) is 11.1 Å². The molecule has 5 heteroatoms. The molecule has 1 atom stereocenters. The maximum atomic E-state index is 8.86. The van der Waals surface area contributed by atoms with E-state index >= 15 is 0 Å². The van der Waals surface area contributed by atoms with E-state index < -0.39 is 0 Å². The van der Waals surface area contributed by atoms with Gasteiger partial charge in [-0.05, 0) is 25.8 Å². The Hall–Kier alpha value is -0.650. The van der Waals surface area contributed by atoms with Crippen molar-refractivity contribution >= 4 is 12.4 Å². The van der Waals surface area contributed by atoms with Crippen molar-refractivity contribution in [1.29, 1.82) is 0 Å². The first-order valence-electron chi connectivity index (χ1n) is 6.42. The minimum atomic E-state index is -0.317. The smallest absolute Gasteiger partial charge is 0.183 e. The molecule has 0 aliphatic heterocycles. The molecule has 1 aromatic carbocycles. The van der Waals surface area contributed by atoms with Gasteiger partial charge in [0.05, 0.1) is 0 Å². The number of benzene rings is 1. The summed E-state index contributed by atoms with van der Waals surface area (Å²) in [5.74, 6) is 0. The normalized spacial score (nSPS) is 12.3. The molecule has 110 valence electrons. The highest BCUT2D eigenvalue weighted by molar-refractivity contribution is 5.85. The quantitative estimate of drug-likeness (QED) is 0.722. The van der Waals surface area contributed by atoms with E-state index in [1.807, 2.05) is 38.1 Å². The first kappa shape index (κ1) is 18.4. The molecule has 1 unspecified atom stereocenters. The Bertz CT molecular complexity index is 326. The van der Waals surface area contributed by atoms with Crippen molar-refractivity contribution in [3.63, 3.8) is 0 Å². The lowest BCUT2D eigenvalue weighted by atomic mass is 10.0. The summed E-state index contributed by atoms with van der Waals surface area (Å²) in [5.41, 5.74) is 7.92. The molecule has 0 amide bonds. The van der Waals surface area contributed by atoms with Crippen LogP contribution >= 0.6 is 12.4 Å². The van der Waals surface area contributed by atoms with Gasteiger partial charge >= 0.3 is 0 Å². The van der Waals surface area contributed by atoms with Gasteiger partial charge < -0.3 is 20.3 Å². The predicted molar refractivity (Wildman–Crippen MR) is 78.3 cm³/mol. The molecule has 0 aromatic heterocycles. The van der Waals surface area contributed by atoms with Gasteiger partial charge in [0.25, 0.3) is 0 Å². The lowest BCUT2D eigenvalue weighted by molar-refractivity contribution is -0.140. The third-order valence-electron chi connectivity index (χ3n) is 2.71. The van der Waals surface area contributed by atoms with Gasteiger partial charge in [-0.1, -0.05) is 24.3 Å². The second-order valence-electron chi connectivity index (χ2n) is 4.03. The summed E-state index contributed by atoms with van der Waals surface area (Å²) in [4.78, 5) is 0. The highest BCUT2D eigenvalue weighted by Crippen LogP contribution is 2.21. The van der Waals surface area contributed by atoms with E-state index in [1.54, 1.807) is 0 Å². The van der Waals surface area contributed by atoms with Crippen LogP contribution in [0.1, 0.15) is 43.7 Å². The molecule has 0 saturated carbocycles. The van der Waals surface area contributed by atoms with Crippen molar-refractivity contribution in [2.75, 3.05) is 19.8 Å². The predicted octanol–water partition coefficient (Wildman–Crippen LogP) is 2.56. The van der Waals surface area contributed by atoms with Crippen LogP contribution in [0.3, 0.4) is 0 Å². The van der Waals surface area contributed by atoms with Crippen molar-refractivity contribution in [1.82, 2.24) is 0 Å². The average molecular weight is 290 g/mol. The topological polar surface area (TPSA) is 64.7 Å². The lowest BCUT2D eigenvalue weighted by Crippen LogP contribution is -2.13. The number of ether oxygens (including phenoxy) is 2. The fourth-order valence-corrected chi connectivity index (χ4v) is 1.75. The molecule has 0 bridgehead atoms. The number of rotatable bonds is 8. The van der Waals surface area contributed by atoms with Crippen molar-refractivity contribution in [2.24, 2.45) is 5.73 Å². The van der Waals surface area contributed by atoms with Crippen LogP contribution in [0.15, 0.2) is 24.3 Å². The SMILES string of the molecule is CCOC(OCC)c1ccc(C(N)CCO)cc1.Cl. The summed E-state index contributed by atoms with van der Waals surface area (Å²) in [7, 11) is 0. The number of hydrogen-bond donors (Lipinski definition) is 2. The van der Waals surface area contributed by atoms with Gasteiger partial charge in [0, 0.05) is 31.4 Å². The lowest BCUT2D eigenvalue weighted by Gasteiger charge is -2.18. The van der Waals surface area contributed by atoms with E-state index in [1.165, 1.54) is 0 Å². The van der Waals surface area contributed by atoms with Crippen molar-refractivity contribution in [2.45, 2.75) is 32.6 Å². The van der Waals surface area contributed by atoms with Crippen LogP contribution in [-0.4, -0.2) is 24.9 Å². The van der Waals surface area contributed by atoms with Gasteiger partial charge in [-0.3, -0.25) is 0 Å². The van der Waals surface area contributed by atoms with Crippen molar-refractivity contribution in [3.05, 3.63) is 35.4 Å². The third-order valence-corrected chi connectivity index (χ3v) is 2.71. The first-order chi connectivity index (χ1) is 8.72. The number of hydrogen-bond acceptors (Lipinski definition) is 4. The molecular formula is C14H24ClNO3. The highest BCUT2D eigenvalue weighted by atomic mass is 35.5.